The molecule has 4 aromatic rings. The Morgan fingerprint density at radius 1 is 0.800 bits per heavy atom. The molecule has 0 saturated carbocycles. The number of carbonyl (C=O) groups is 3. The number of hydrogen-bond donors (Lipinski definition) is 1. The van der Waals surface area contributed by atoms with Crippen LogP contribution in [0.25, 0.3) is 17.0 Å². The van der Waals surface area contributed by atoms with Crippen LogP contribution in [0.4, 0.5) is 5.69 Å². The fourth-order valence-corrected chi connectivity index (χ4v) is 4.67. The maximum atomic E-state index is 13.3. The van der Waals surface area contributed by atoms with Gasteiger partial charge in [-0.15, -0.1) is 0 Å². The molecular formula is C27H15N3O5. The normalized spacial score (nSPS) is 16.3. The largest absolute Gasteiger partial charge is 0.352 e. The summed E-state index contributed by atoms with van der Waals surface area (Å²) in [4.78, 5) is 55.4. The molecule has 8 nitrogen and oxygen atoms in total. The van der Waals surface area contributed by atoms with Gasteiger partial charge in [0, 0.05) is 27.0 Å². The maximum absolute atomic E-state index is 13.3. The SMILES string of the molecule is O=C1c2ccccc2C(=O)c2c(NC3=Cc4nc5ccccc5cc4C(=O)C3[N+](=O)[O-])cccc21. The highest BCUT2D eigenvalue weighted by molar-refractivity contribution is 6.30. The van der Waals surface area contributed by atoms with Gasteiger partial charge in [-0.2, -0.15) is 0 Å². The van der Waals surface area contributed by atoms with E-state index in [9.17, 15) is 24.5 Å². The minimum Gasteiger partial charge on any atom is -0.352 e. The van der Waals surface area contributed by atoms with Crippen LogP contribution in [-0.2, 0) is 0 Å². The zero-order chi connectivity index (χ0) is 24.3. The Morgan fingerprint density at radius 3 is 2.26 bits per heavy atom. The van der Waals surface area contributed by atoms with Gasteiger partial charge in [0.25, 0.3) is 0 Å². The van der Waals surface area contributed by atoms with Gasteiger partial charge in [0.2, 0.25) is 5.78 Å². The Labute approximate surface area is 198 Å². The molecular weight excluding hydrogens is 446 g/mol. The van der Waals surface area contributed by atoms with Gasteiger partial charge in [0.05, 0.1) is 28.0 Å². The van der Waals surface area contributed by atoms with Crippen molar-refractivity contribution in [3.05, 3.63) is 122 Å². The van der Waals surface area contributed by atoms with E-state index in [0.717, 1.165) is 0 Å². The molecule has 2 aliphatic carbocycles. The number of rotatable bonds is 3. The van der Waals surface area contributed by atoms with Crippen molar-refractivity contribution in [1.29, 1.82) is 0 Å². The fourth-order valence-electron chi connectivity index (χ4n) is 4.67. The summed E-state index contributed by atoms with van der Waals surface area (Å²) in [6.45, 7) is 0. The monoisotopic (exact) mass is 461 g/mol. The molecule has 0 spiro atoms. The minimum absolute atomic E-state index is 0.0252. The van der Waals surface area contributed by atoms with Gasteiger partial charge in [-0.05, 0) is 24.3 Å². The Balaban J connectivity index is 1.50. The van der Waals surface area contributed by atoms with Crippen molar-refractivity contribution in [2.24, 2.45) is 0 Å². The minimum atomic E-state index is -1.71. The van der Waals surface area contributed by atoms with E-state index in [0.29, 0.717) is 22.2 Å². The molecule has 6 rings (SSSR count). The molecule has 0 bridgehead atoms. The third-order valence-corrected chi connectivity index (χ3v) is 6.30. The van der Waals surface area contributed by atoms with Crippen LogP contribution in [0.2, 0.25) is 0 Å². The number of nitrogens with zero attached hydrogens (tertiary/aromatic N) is 2. The molecule has 0 saturated heterocycles. The summed E-state index contributed by atoms with van der Waals surface area (Å²) in [5.41, 5.74) is 2.17. The van der Waals surface area contributed by atoms with Crippen molar-refractivity contribution in [2.45, 2.75) is 6.04 Å². The number of nitro groups is 1. The number of carbonyl (C=O) groups excluding carboxylic acids is 3. The van der Waals surface area contributed by atoms with E-state index in [1.807, 2.05) is 6.07 Å². The van der Waals surface area contributed by atoms with Crippen molar-refractivity contribution < 1.29 is 19.3 Å². The average Bonchev–Trinajstić information content (AvgIpc) is 2.86. The van der Waals surface area contributed by atoms with Crippen LogP contribution in [0.1, 0.15) is 47.9 Å². The van der Waals surface area contributed by atoms with Crippen LogP contribution in [0, 0.1) is 10.1 Å². The number of fused-ring (bicyclic) bond motifs is 4. The predicted molar refractivity (Wildman–Crippen MR) is 128 cm³/mol. The third kappa shape index (κ3) is 3.07. The first-order valence-corrected chi connectivity index (χ1v) is 10.8. The number of aromatic nitrogens is 1. The number of hydrogen-bond acceptors (Lipinski definition) is 7. The molecule has 0 radical (unpaired) electrons. The van der Waals surface area contributed by atoms with E-state index in [4.69, 9.17) is 0 Å². The molecule has 1 aromatic heterocycles. The second-order valence-electron chi connectivity index (χ2n) is 8.32. The van der Waals surface area contributed by atoms with Crippen molar-refractivity contribution in [1.82, 2.24) is 4.98 Å². The van der Waals surface area contributed by atoms with Crippen molar-refractivity contribution in [2.75, 3.05) is 5.32 Å². The first-order chi connectivity index (χ1) is 16.9. The zero-order valence-corrected chi connectivity index (χ0v) is 18.0. The first kappa shape index (κ1) is 20.6. The standard InChI is InChI=1S/C27H15N3O5/c31-25-15-7-2-3-8-16(15)26(32)23-17(25)9-5-11-20(23)29-22-13-21-18(27(33)24(22)30(34)35)12-14-6-1-4-10-19(14)28-21/h1-13,24,29H. The van der Waals surface area contributed by atoms with Gasteiger partial charge in [-0.1, -0.05) is 54.6 Å². The Kier molecular flexibility index (Phi) is 4.43. The molecule has 168 valence electrons. The van der Waals surface area contributed by atoms with E-state index < -0.39 is 16.7 Å². The quantitative estimate of drug-likeness (QED) is 0.314. The van der Waals surface area contributed by atoms with Gasteiger partial charge < -0.3 is 5.32 Å². The van der Waals surface area contributed by atoms with Crippen LogP contribution in [0.15, 0.2) is 78.5 Å². The highest BCUT2D eigenvalue weighted by Gasteiger charge is 2.41. The molecule has 8 heteroatoms. The Morgan fingerprint density at radius 2 is 1.49 bits per heavy atom. The highest BCUT2D eigenvalue weighted by atomic mass is 16.6. The molecule has 1 unspecified atom stereocenters. The third-order valence-electron chi connectivity index (χ3n) is 6.30. The highest BCUT2D eigenvalue weighted by Crippen LogP contribution is 2.34. The number of benzene rings is 3. The summed E-state index contributed by atoms with van der Waals surface area (Å²) in [6, 6.07) is 18.3. The summed E-state index contributed by atoms with van der Waals surface area (Å²) in [5, 5.41) is 15.6. The number of nitrogens with one attached hydrogen (secondary N) is 1. The van der Waals surface area contributed by atoms with E-state index >= 15 is 0 Å². The van der Waals surface area contributed by atoms with E-state index in [-0.39, 0.29) is 45.2 Å². The predicted octanol–water partition coefficient (Wildman–Crippen LogP) is 4.30. The summed E-state index contributed by atoms with van der Waals surface area (Å²) in [7, 11) is 0. The van der Waals surface area contributed by atoms with Crippen LogP contribution in [0.5, 0.6) is 0 Å². The number of pyridine rings is 1. The van der Waals surface area contributed by atoms with Crippen LogP contribution >= 0.6 is 0 Å². The molecule has 1 atom stereocenters. The summed E-state index contributed by atoms with van der Waals surface area (Å²) >= 11 is 0. The van der Waals surface area contributed by atoms with Crippen molar-refractivity contribution in [3.63, 3.8) is 0 Å². The molecule has 0 amide bonds. The number of ketones is 3. The lowest BCUT2D eigenvalue weighted by atomic mass is 9.83. The molecule has 1 N–H and O–H groups in total. The lowest BCUT2D eigenvalue weighted by Crippen LogP contribution is -2.37. The van der Waals surface area contributed by atoms with E-state index in [1.54, 1.807) is 66.7 Å². The Hall–Kier alpha value is -4.98. The smallest absolute Gasteiger partial charge is 0.314 e. The first-order valence-electron chi connectivity index (χ1n) is 10.8. The topological polar surface area (TPSA) is 119 Å². The fraction of sp³-hybridized carbons (Fsp3) is 0.0370. The Bertz CT molecular complexity index is 1670. The van der Waals surface area contributed by atoms with Gasteiger partial charge in [-0.3, -0.25) is 24.5 Å². The number of para-hydroxylation sites is 1. The molecule has 0 fully saturated rings. The lowest BCUT2D eigenvalue weighted by Gasteiger charge is -2.24. The summed E-state index contributed by atoms with van der Waals surface area (Å²) < 4.78 is 0. The summed E-state index contributed by atoms with van der Waals surface area (Å²) in [5.74, 6) is -1.38. The van der Waals surface area contributed by atoms with Crippen LogP contribution in [0.3, 0.4) is 0 Å². The van der Waals surface area contributed by atoms with E-state index in [1.165, 1.54) is 6.08 Å². The van der Waals surface area contributed by atoms with Gasteiger partial charge in [-0.25, -0.2) is 4.98 Å². The van der Waals surface area contributed by atoms with Crippen molar-refractivity contribution in [3.8, 4) is 0 Å². The van der Waals surface area contributed by atoms with Crippen LogP contribution in [-0.4, -0.2) is 33.3 Å². The van der Waals surface area contributed by atoms with Crippen LogP contribution < -0.4 is 5.32 Å². The van der Waals surface area contributed by atoms with Gasteiger partial charge >= 0.3 is 6.04 Å². The molecule has 0 aliphatic heterocycles. The second kappa shape index (κ2) is 7.53. The van der Waals surface area contributed by atoms with Gasteiger partial charge in [0.15, 0.2) is 11.6 Å². The second-order valence-corrected chi connectivity index (χ2v) is 8.32. The molecule has 3 aromatic carbocycles. The van der Waals surface area contributed by atoms with E-state index in [2.05, 4.69) is 10.3 Å². The zero-order valence-electron chi connectivity index (χ0n) is 18.0. The number of Topliss-reactive ketones (excluding diaryl/α,β-unsaturated/α-hetero) is 1. The lowest BCUT2D eigenvalue weighted by molar-refractivity contribution is -0.494. The number of anilines is 1. The maximum Gasteiger partial charge on any atom is 0.314 e. The molecule has 35 heavy (non-hydrogen) atoms. The molecule has 1 heterocycles. The average molecular weight is 461 g/mol. The summed E-state index contributed by atoms with van der Waals surface area (Å²) in [6.07, 6.45) is 1.46. The van der Waals surface area contributed by atoms with Crippen molar-refractivity contribution >= 4 is 40.0 Å². The van der Waals surface area contributed by atoms with Gasteiger partial charge in [0.1, 0.15) is 5.70 Å². The molecule has 2 aliphatic rings.